The molecule has 0 spiro atoms. The number of nitrogens with zero attached hydrogens (tertiary/aromatic N) is 1. The van der Waals surface area contributed by atoms with E-state index in [0.717, 1.165) is 19.3 Å². The van der Waals surface area contributed by atoms with E-state index in [0.29, 0.717) is 10.8 Å². The smallest absolute Gasteiger partial charge is 0.286 e. The zero-order chi connectivity index (χ0) is 10.8. The molecule has 0 aliphatic heterocycles. The van der Waals surface area contributed by atoms with Gasteiger partial charge in [0.05, 0.1) is 0 Å². The summed E-state index contributed by atoms with van der Waals surface area (Å²) in [6, 6.07) is 0. The van der Waals surface area contributed by atoms with E-state index < -0.39 is 0 Å². The van der Waals surface area contributed by atoms with Crippen molar-refractivity contribution >= 4 is 0 Å². The lowest BCUT2D eigenvalue weighted by Gasteiger charge is -2.31. The van der Waals surface area contributed by atoms with Crippen molar-refractivity contribution in [1.29, 1.82) is 5.26 Å². The van der Waals surface area contributed by atoms with E-state index >= 15 is 0 Å². The average Bonchev–Trinajstić information content (AvgIpc) is 2.06. The van der Waals surface area contributed by atoms with Gasteiger partial charge in [0, 0.05) is 0 Å². The molecule has 0 N–H and O–H groups in total. The summed E-state index contributed by atoms with van der Waals surface area (Å²) in [4.78, 5) is 0. The van der Waals surface area contributed by atoms with Crippen molar-refractivity contribution in [2.75, 3.05) is 0 Å². The highest BCUT2D eigenvalue weighted by molar-refractivity contribution is 4.87. The molecule has 1 aliphatic carbocycles. The number of hydrogen-bond acceptors (Lipinski definition) is 2. The van der Waals surface area contributed by atoms with Gasteiger partial charge >= 0.3 is 0 Å². The summed E-state index contributed by atoms with van der Waals surface area (Å²) in [7, 11) is 0. The molecular weight excluding hydrogens is 174 g/mol. The maximum absolute atomic E-state index is 8.54. The van der Waals surface area contributed by atoms with Gasteiger partial charge in [-0.2, -0.15) is 5.26 Å². The van der Waals surface area contributed by atoms with E-state index in [2.05, 4.69) is 27.7 Å². The third-order valence-electron chi connectivity index (χ3n) is 3.10. The fourth-order valence-electron chi connectivity index (χ4n) is 2.90. The van der Waals surface area contributed by atoms with Crippen LogP contribution in [0.1, 0.15) is 53.4 Å². The van der Waals surface area contributed by atoms with Crippen LogP contribution in [-0.4, -0.2) is 6.10 Å². The monoisotopic (exact) mass is 195 g/mol. The lowest BCUT2D eigenvalue weighted by Crippen LogP contribution is -2.22. The fourth-order valence-corrected chi connectivity index (χ4v) is 2.90. The van der Waals surface area contributed by atoms with Gasteiger partial charge in [0.15, 0.2) is 0 Å². The Morgan fingerprint density at radius 1 is 1.21 bits per heavy atom. The summed E-state index contributed by atoms with van der Waals surface area (Å²) in [5.41, 5.74) is 0.679. The Labute approximate surface area is 87.3 Å². The van der Waals surface area contributed by atoms with Gasteiger partial charge in [-0.3, -0.25) is 0 Å². The van der Waals surface area contributed by atoms with E-state index in [1.165, 1.54) is 6.42 Å². The minimum absolute atomic E-state index is 0.136. The zero-order valence-corrected chi connectivity index (χ0v) is 9.76. The minimum Gasteiger partial charge on any atom is -0.424 e. The number of ether oxygens (including phenoxy) is 1. The van der Waals surface area contributed by atoms with Crippen LogP contribution < -0.4 is 0 Å². The second-order valence-electron chi connectivity index (χ2n) is 6.08. The molecule has 1 fully saturated rings. The van der Waals surface area contributed by atoms with Crippen LogP contribution >= 0.6 is 0 Å². The molecule has 1 unspecified atom stereocenters. The van der Waals surface area contributed by atoms with Gasteiger partial charge in [-0.1, -0.05) is 27.7 Å². The average molecular weight is 195 g/mol. The van der Waals surface area contributed by atoms with Crippen LogP contribution in [0.4, 0.5) is 0 Å². The molecule has 0 aromatic carbocycles. The normalized spacial score (nSPS) is 30.1. The topological polar surface area (TPSA) is 33.0 Å². The fraction of sp³-hybridized carbons (Fsp3) is 0.917. The van der Waals surface area contributed by atoms with Gasteiger partial charge < -0.3 is 4.74 Å². The first-order valence-electron chi connectivity index (χ1n) is 5.39. The van der Waals surface area contributed by atoms with E-state index in [4.69, 9.17) is 10.00 Å². The molecule has 2 heteroatoms. The molecule has 0 aromatic heterocycles. The third-order valence-corrected chi connectivity index (χ3v) is 3.10. The minimum atomic E-state index is 0.136. The maximum Gasteiger partial charge on any atom is 0.286 e. The molecule has 0 bridgehead atoms. The summed E-state index contributed by atoms with van der Waals surface area (Å²) >= 11 is 0. The molecule has 0 aromatic rings. The summed E-state index contributed by atoms with van der Waals surface area (Å²) in [6.45, 7) is 9.16. The summed E-state index contributed by atoms with van der Waals surface area (Å²) in [5, 5.41) is 8.54. The molecule has 1 atom stereocenters. The van der Waals surface area contributed by atoms with E-state index in [1.54, 1.807) is 0 Å². The largest absolute Gasteiger partial charge is 0.424 e. The summed E-state index contributed by atoms with van der Waals surface area (Å²) < 4.78 is 5.10. The van der Waals surface area contributed by atoms with Crippen LogP contribution in [-0.2, 0) is 4.74 Å². The van der Waals surface area contributed by atoms with Crippen LogP contribution in [0.5, 0.6) is 0 Å². The standard InChI is InChI=1S/C12H21NO/c1-11(2)6-5-10(14-9-13)7-12(3,4)8-11/h10H,5-8H2,1-4H3. The number of nitriles is 1. The maximum atomic E-state index is 8.54. The Morgan fingerprint density at radius 3 is 2.43 bits per heavy atom. The quantitative estimate of drug-likeness (QED) is 0.474. The molecule has 14 heavy (non-hydrogen) atoms. The molecular formula is C12H21NO. The van der Waals surface area contributed by atoms with E-state index in [1.807, 2.05) is 6.26 Å². The lowest BCUT2D eigenvalue weighted by atomic mass is 9.74. The molecule has 0 radical (unpaired) electrons. The van der Waals surface area contributed by atoms with Crippen molar-refractivity contribution in [2.24, 2.45) is 10.8 Å². The van der Waals surface area contributed by atoms with Gasteiger partial charge in [0.25, 0.3) is 6.26 Å². The molecule has 0 saturated heterocycles. The number of rotatable bonds is 1. The molecule has 0 heterocycles. The SMILES string of the molecule is CC1(C)CCC(OC#N)CC(C)(C)C1. The first kappa shape index (κ1) is 11.4. The van der Waals surface area contributed by atoms with Crippen molar-refractivity contribution in [2.45, 2.75) is 59.5 Å². The molecule has 1 saturated carbocycles. The predicted molar refractivity (Wildman–Crippen MR) is 56.5 cm³/mol. The Kier molecular flexibility index (Phi) is 3.09. The van der Waals surface area contributed by atoms with Crippen LogP contribution in [0.15, 0.2) is 0 Å². The van der Waals surface area contributed by atoms with Gasteiger partial charge in [0.2, 0.25) is 0 Å². The molecule has 1 aliphatic rings. The van der Waals surface area contributed by atoms with Crippen molar-refractivity contribution < 1.29 is 4.74 Å². The Morgan fingerprint density at radius 2 is 1.86 bits per heavy atom. The first-order chi connectivity index (χ1) is 6.35. The number of hydrogen-bond donors (Lipinski definition) is 0. The Bertz CT molecular complexity index is 237. The molecule has 1 rings (SSSR count). The molecule has 80 valence electrons. The van der Waals surface area contributed by atoms with Crippen LogP contribution in [0, 0.1) is 22.3 Å². The lowest BCUT2D eigenvalue weighted by molar-refractivity contribution is 0.107. The second kappa shape index (κ2) is 3.81. The van der Waals surface area contributed by atoms with Crippen LogP contribution in [0.2, 0.25) is 0 Å². The van der Waals surface area contributed by atoms with Crippen molar-refractivity contribution in [3.05, 3.63) is 0 Å². The Balaban J connectivity index is 2.70. The third kappa shape index (κ3) is 3.21. The molecule has 0 amide bonds. The predicted octanol–water partition coefficient (Wildman–Crippen LogP) is 3.48. The highest BCUT2D eigenvalue weighted by Gasteiger charge is 2.35. The van der Waals surface area contributed by atoms with Crippen LogP contribution in [0.25, 0.3) is 0 Å². The van der Waals surface area contributed by atoms with E-state index in [-0.39, 0.29) is 6.10 Å². The van der Waals surface area contributed by atoms with Gasteiger partial charge in [-0.05, 0) is 36.5 Å². The second-order valence-corrected chi connectivity index (χ2v) is 6.08. The van der Waals surface area contributed by atoms with Crippen molar-refractivity contribution in [3.63, 3.8) is 0 Å². The van der Waals surface area contributed by atoms with Gasteiger partial charge in [0.1, 0.15) is 6.10 Å². The molecule has 2 nitrogen and oxygen atoms in total. The highest BCUT2D eigenvalue weighted by Crippen LogP contribution is 2.44. The highest BCUT2D eigenvalue weighted by atomic mass is 16.5. The summed E-state index contributed by atoms with van der Waals surface area (Å²) in [5.74, 6) is 0. The Hall–Kier alpha value is -0.710. The van der Waals surface area contributed by atoms with Crippen LogP contribution in [0.3, 0.4) is 0 Å². The van der Waals surface area contributed by atoms with E-state index in [9.17, 15) is 0 Å². The zero-order valence-electron chi connectivity index (χ0n) is 9.76. The van der Waals surface area contributed by atoms with Gasteiger partial charge in [-0.15, -0.1) is 0 Å². The summed E-state index contributed by atoms with van der Waals surface area (Å²) in [6.07, 6.45) is 6.36. The van der Waals surface area contributed by atoms with Crippen molar-refractivity contribution in [1.82, 2.24) is 0 Å². The first-order valence-corrected chi connectivity index (χ1v) is 5.39. The van der Waals surface area contributed by atoms with Gasteiger partial charge in [-0.25, -0.2) is 0 Å². The van der Waals surface area contributed by atoms with Crippen molar-refractivity contribution in [3.8, 4) is 6.26 Å².